The van der Waals surface area contributed by atoms with Gasteiger partial charge in [0.15, 0.2) is 0 Å². The molecule has 0 saturated carbocycles. The summed E-state index contributed by atoms with van der Waals surface area (Å²) in [5.74, 6) is -1.45. The van der Waals surface area contributed by atoms with E-state index >= 15 is 0 Å². The van der Waals surface area contributed by atoms with Crippen molar-refractivity contribution < 1.29 is 18.7 Å². The molecule has 0 saturated heterocycles. The van der Waals surface area contributed by atoms with Crippen molar-refractivity contribution in [2.45, 2.75) is 19.9 Å². The second-order valence-corrected chi connectivity index (χ2v) is 5.09. The largest absolute Gasteiger partial charge is 0.468 e. The van der Waals surface area contributed by atoms with E-state index < -0.39 is 17.7 Å². The van der Waals surface area contributed by atoms with Gasteiger partial charge in [-0.2, -0.15) is 0 Å². The fourth-order valence-corrected chi connectivity index (χ4v) is 1.73. The van der Waals surface area contributed by atoms with Crippen molar-refractivity contribution in [2.75, 3.05) is 13.7 Å². The lowest BCUT2D eigenvalue weighted by Crippen LogP contribution is -2.41. The highest BCUT2D eigenvalue weighted by atomic mass is 79.9. The van der Waals surface area contributed by atoms with Gasteiger partial charge in [-0.25, -0.2) is 4.39 Å². The maximum atomic E-state index is 13.4. The number of ether oxygens (including phenoxy) is 1. The van der Waals surface area contributed by atoms with Crippen molar-refractivity contribution >= 4 is 27.8 Å². The lowest BCUT2D eigenvalue weighted by Gasteiger charge is -2.25. The van der Waals surface area contributed by atoms with Gasteiger partial charge in [0.2, 0.25) is 0 Å². The number of nitrogens with zero attached hydrogens (tertiary/aromatic N) is 1. The normalized spacial score (nSPS) is 10.4. The van der Waals surface area contributed by atoms with Crippen LogP contribution < -0.4 is 0 Å². The summed E-state index contributed by atoms with van der Waals surface area (Å²) in [5, 5.41) is 0. The van der Waals surface area contributed by atoms with Gasteiger partial charge in [0.05, 0.1) is 11.6 Å². The Bertz CT molecular complexity index is 491. The Morgan fingerprint density at radius 3 is 2.53 bits per heavy atom. The molecule has 0 fully saturated rings. The Morgan fingerprint density at radius 1 is 1.42 bits per heavy atom. The number of carbonyl (C=O) groups is 2. The van der Waals surface area contributed by atoms with Crippen LogP contribution >= 0.6 is 15.9 Å². The lowest BCUT2D eigenvalue weighted by atomic mass is 10.1. The van der Waals surface area contributed by atoms with Crippen molar-refractivity contribution in [2.24, 2.45) is 0 Å². The van der Waals surface area contributed by atoms with Crippen LogP contribution in [0.4, 0.5) is 4.39 Å². The summed E-state index contributed by atoms with van der Waals surface area (Å²) in [5.41, 5.74) is 0.193. The lowest BCUT2D eigenvalue weighted by molar-refractivity contribution is -0.141. The van der Waals surface area contributed by atoms with Gasteiger partial charge < -0.3 is 9.64 Å². The predicted molar refractivity (Wildman–Crippen MR) is 72.3 cm³/mol. The molecule has 0 unspecified atom stereocenters. The summed E-state index contributed by atoms with van der Waals surface area (Å²) in [7, 11) is 1.25. The van der Waals surface area contributed by atoms with E-state index in [1.54, 1.807) is 13.8 Å². The van der Waals surface area contributed by atoms with Gasteiger partial charge in [0, 0.05) is 11.6 Å². The number of benzene rings is 1. The van der Waals surface area contributed by atoms with E-state index in [0.717, 1.165) is 6.07 Å². The van der Waals surface area contributed by atoms with E-state index in [1.807, 2.05) is 0 Å². The van der Waals surface area contributed by atoms with Crippen LogP contribution in [0.5, 0.6) is 0 Å². The van der Waals surface area contributed by atoms with Crippen LogP contribution in [0.15, 0.2) is 22.7 Å². The summed E-state index contributed by atoms with van der Waals surface area (Å²) in [4.78, 5) is 24.9. The van der Waals surface area contributed by atoms with Crippen LogP contribution in [-0.2, 0) is 9.53 Å². The van der Waals surface area contributed by atoms with E-state index in [2.05, 4.69) is 20.7 Å². The first-order chi connectivity index (χ1) is 8.86. The molecule has 1 aromatic carbocycles. The SMILES string of the molecule is COC(=O)CN(C(=O)c1ccc(Br)c(F)c1)C(C)C. The summed E-state index contributed by atoms with van der Waals surface area (Å²) in [6.07, 6.45) is 0. The highest BCUT2D eigenvalue weighted by molar-refractivity contribution is 9.10. The predicted octanol–water partition coefficient (Wildman–Crippen LogP) is 2.61. The average Bonchev–Trinajstić information content (AvgIpc) is 2.37. The van der Waals surface area contributed by atoms with Crippen LogP contribution in [0.25, 0.3) is 0 Å². The summed E-state index contributed by atoms with van der Waals surface area (Å²) >= 11 is 3.02. The third-order valence-corrected chi connectivity index (χ3v) is 3.22. The minimum atomic E-state index is -0.521. The van der Waals surface area contributed by atoms with Crippen LogP contribution in [0.2, 0.25) is 0 Å². The quantitative estimate of drug-likeness (QED) is 0.797. The molecule has 0 aliphatic rings. The molecule has 0 aromatic heterocycles. The molecule has 1 rings (SSSR count). The fourth-order valence-electron chi connectivity index (χ4n) is 1.49. The number of esters is 1. The number of carbonyl (C=O) groups excluding carboxylic acids is 2. The standard InChI is InChI=1S/C13H15BrFNO3/c1-8(2)16(7-12(17)19-3)13(18)9-4-5-10(14)11(15)6-9/h4-6,8H,7H2,1-3H3. The molecule has 1 aromatic rings. The van der Waals surface area contributed by atoms with Crippen molar-refractivity contribution in [1.29, 1.82) is 0 Å². The summed E-state index contributed by atoms with van der Waals surface area (Å²) < 4.78 is 18.3. The molecule has 0 N–H and O–H groups in total. The minimum Gasteiger partial charge on any atom is -0.468 e. The molecule has 104 valence electrons. The van der Waals surface area contributed by atoms with Crippen LogP contribution in [0.1, 0.15) is 24.2 Å². The first-order valence-electron chi connectivity index (χ1n) is 5.69. The van der Waals surface area contributed by atoms with Gasteiger partial charge in [-0.15, -0.1) is 0 Å². The topological polar surface area (TPSA) is 46.6 Å². The number of amides is 1. The maximum Gasteiger partial charge on any atom is 0.325 e. The van der Waals surface area contributed by atoms with E-state index in [1.165, 1.54) is 24.1 Å². The van der Waals surface area contributed by atoms with E-state index in [0.29, 0.717) is 0 Å². The molecule has 1 amide bonds. The van der Waals surface area contributed by atoms with Gasteiger partial charge in [-0.05, 0) is 48.0 Å². The zero-order valence-corrected chi connectivity index (χ0v) is 12.5. The van der Waals surface area contributed by atoms with Gasteiger partial charge >= 0.3 is 5.97 Å². The number of halogens is 2. The van der Waals surface area contributed by atoms with Crippen molar-refractivity contribution in [3.8, 4) is 0 Å². The Kier molecular flexibility index (Phi) is 5.47. The van der Waals surface area contributed by atoms with E-state index in [9.17, 15) is 14.0 Å². The van der Waals surface area contributed by atoms with Crippen molar-refractivity contribution in [3.05, 3.63) is 34.1 Å². The molecule has 6 heteroatoms. The third kappa shape index (κ3) is 4.02. The maximum absolute atomic E-state index is 13.4. The first kappa shape index (κ1) is 15.6. The Balaban J connectivity index is 2.99. The first-order valence-corrected chi connectivity index (χ1v) is 6.49. The second kappa shape index (κ2) is 6.65. The van der Waals surface area contributed by atoms with Crippen molar-refractivity contribution in [3.63, 3.8) is 0 Å². The average molecular weight is 332 g/mol. The minimum absolute atomic E-state index is 0.162. The number of methoxy groups -OCH3 is 1. The molecule has 0 atom stereocenters. The van der Waals surface area contributed by atoms with E-state index in [4.69, 9.17) is 0 Å². The molecule has 4 nitrogen and oxygen atoms in total. The molecule has 0 spiro atoms. The molecule has 0 bridgehead atoms. The van der Waals surface area contributed by atoms with Gasteiger partial charge in [0.1, 0.15) is 12.4 Å². The molecular formula is C13H15BrFNO3. The Morgan fingerprint density at radius 2 is 2.05 bits per heavy atom. The Labute approximate surface area is 119 Å². The second-order valence-electron chi connectivity index (χ2n) is 4.23. The molecular weight excluding hydrogens is 317 g/mol. The monoisotopic (exact) mass is 331 g/mol. The van der Waals surface area contributed by atoms with Crippen LogP contribution in [-0.4, -0.2) is 36.5 Å². The number of hydrogen-bond donors (Lipinski definition) is 0. The molecule has 0 aliphatic heterocycles. The van der Waals surface area contributed by atoms with Gasteiger partial charge in [-0.3, -0.25) is 9.59 Å². The van der Waals surface area contributed by atoms with Crippen LogP contribution in [0.3, 0.4) is 0 Å². The van der Waals surface area contributed by atoms with Gasteiger partial charge in [-0.1, -0.05) is 0 Å². The van der Waals surface area contributed by atoms with Gasteiger partial charge in [0.25, 0.3) is 5.91 Å². The van der Waals surface area contributed by atoms with Crippen LogP contribution in [0, 0.1) is 5.82 Å². The van der Waals surface area contributed by atoms with Crippen molar-refractivity contribution in [1.82, 2.24) is 4.90 Å². The number of rotatable bonds is 4. The zero-order chi connectivity index (χ0) is 14.6. The molecule has 0 heterocycles. The summed E-state index contributed by atoms with van der Waals surface area (Å²) in [6, 6.07) is 3.90. The third-order valence-electron chi connectivity index (χ3n) is 2.58. The molecule has 19 heavy (non-hydrogen) atoms. The fraction of sp³-hybridized carbons (Fsp3) is 0.385. The molecule has 0 aliphatic carbocycles. The van der Waals surface area contributed by atoms with E-state index in [-0.39, 0.29) is 22.6 Å². The summed E-state index contributed by atoms with van der Waals surface area (Å²) in [6.45, 7) is 3.39. The smallest absolute Gasteiger partial charge is 0.325 e. The number of hydrogen-bond acceptors (Lipinski definition) is 3. The molecule has 0 radical (unpaired) electrons. The Hall–Kier alpha value is -1.43. The highest BCUT2D eigenvalue weighted by Crippen LogP contribution is 2.18. The zero-order valence-electron chi connectivity index (χ0n) is 10.9. The highest BCUT2D eigenvalue weighted by Gasteiger charge is 2.22.